The Labute approximate surface area is 81.6 Å². The monoisotopic (exact) mass is 190 g/mol. The van der Waals surface area contributed by atoms with Gasteiger partial charge in [0.25, 0.3) is 0 Å². The predicted octanol–water partition coefficient (Wildman–Crippen LogP) is 1.72. The highest BCUT2D eigenvalue weighted by atomic mass is 16.5. The number of rotatable bonds is 2. The van der Waals surface area contributed by atoms with E-state index >= 15 is 0 Å². The van der Waals surface area contributed by atoms with Crippen LogP contribution in [-0.4, -0.2) is 17.7 Å². The van der Waals surface area contributed by atoms with E-state index in [0.29, 0.717) is 6.61 Å². The summed E-state index contributed by atoms with van der Waals surface area (Å²) in [6.07, 6.45) is 3.61. The minimum Gasteiger partial charge on any atom is -0.493 e. The fraction of sp³-hybridized carbons (Fsp3) is 0.182. The fourth-order valence-corrected chi connectivity index (χ4v) is 1.57. The number of aliphatic carboxylic acids is 1. The molecule has 14 heavy (non-hydrogen) atoms. The van der Waals surface area contributed by atoms with Crippen LogP contribution in [0.2, 0.25) is 0 Å². The highest BCUT2D eigenvalue weighted by Gasteiger charge is 2.13. The van der Waals surface area contributed by atoms with Crippen LogP contribution in [-0.2, 0) is 11.2 Å². The summed E-state index contributed by atoms with van der Waals surface area (Å²) in [5.41, 5.74) is 2.03. The second kappa shape index (κ2) is 3.54. The second-order valence-electron chi connectivity index (χ2n) is 3.09. The maximum Gasteiger partial charge on any atom is 0.328 e. The minimum absolute atomic E-state index is 0.688. The van der Waals surface area contributed by atoms with E-state index in [1.807, 2.05) is 18.2 Å². The van der Waals surface area contributed by atoms with Crippen LogP contribution < -0.4 is 4.74 Å². The van der Waals surface area contributed by atoms with E-state index in [9.17, 15) is 4.79 Å². The van der Waals surface area contributed by atoms with E-state index in [2.05, 4.69) is 0 Å². The topological polar surface area (TPSA) is 46.5 Å². The molecule has 1 aliphatic rings. The molecule has 0 aromatic heterocycles. The summed E-state index contributed by atoms with van der Waals surface area (Å²) in [6, 6.07) is 5.67. The predicted molar refractivity (Wildman–Crippen MR) is 52.3 cm³/mol. The number of benzene rings is 1. The molecule has 0 fully saturated rings. The SMILES string of the molecule is O=C(O)/C=C/c1cccc2c1CCO2. The number of ether oxygens (including phenoxy) is 1. The Bertz CT molecular complexity index is 394. The van der Waals surface area contributed by atoms with Crippen LogP contribution in [0.15, 0.2) is 24.3 Å². The molecule has 1 aliphatic heterocycles. The molecule has 3 nitrogen and oxygen atoms in total. The molecule has 0 bridgehead atoms. The van der Waals surface area contributed by atoms with Gasteiger partial charge in [-0.15, -0.1) is 0 Å². The molecular weight excluding hydrogens is 180 g/mol. The van der Waals surface area contributed by atoms with Gasteiger partial charge in [0.1, 0.15) is 5.75 Å². The zero-order chi connectivity index (χ0) is 9.97. The molecule has 0 saturated heterocycles. The van der Waals surface area contributed by atoms with E-state index in [0.717, 1.165) is 29.4 Å². The Morgan fingerprint density at radius 1 is 1.50 bits per heavy atom. The van der Waals surface area contributed by atoms with Crippen molar-refractivity contribution in [2.75, 3.05) is 6.61 Å². The molecule has 1 aromatic rings. The smallest absolute Gasteiger partial charge is 0.328 e. The van der Waals surface area contributed by atoms with Gasteiger partial charge in [0.05, 0.1) is 6.61 Å². The summed E-state index contributed by atoms with van der Waals surface area (Å²) in [6.45, 7) is 0.688. The molecule has 1 heterocycles. The van der Waals surface area contributed by atoms with E-state index < -0.39 is 5.97 Å². The second-order valence-corrected chi connectivity index (χ2v) is 3.09. The first-order chi connectivity index (χ1) is 6.77. The first-order valence-electron chi connectivity index (χ1n) is 4.43. The van der Waals surface area contributed by atoms with Crippen LogP contribution in [0.3, 0.4) is 0 Å². The van der Waals surface area contributed by atoms with Crippen LogP contribution in [0.1, 0.15) is 11.1 Å². The third-order valence-corrected chi connectivity index (χ3v) is 2.18. The molecule has 0 atom stereocenters. The van der Waals surface area contributed by atoms with Crippen LogP contribution in [0.5, 0.6) is 5.75 Å². The molecule has 0 unspecified atom stereocenters. The maximum absolute atomic E-state index is 10.4. The van der Waals surface area contributed by atoms with Gasteiger partial charge >= 0.3 is 5.97 Å². The zero-order valence-electron chi connectivity index (χ0n) is 7.56. The van der Waals surface area contributed by atoms with Gasteiger partial charge in [-0.25, -0.2) is 4.79 Å². The number of hydrogen-bond donors (Lipinski definition) is 1. The van der Waals surface area contributed by atoms with E-state index in [-0.39, 0.29) is 0 Å². The third kappa shape index (κ3) is 1.62. The van der Waals surface area contributed by atoms with Gasteiger partial charge in [-0.2, -0.15) is 0 Å². The number of carboxylic acid groups (broad SMARTS) is 1. The quantitative estimate of drug-likeness (QED) is 0.722. The number of hydrogen-bond acceptors (Lipinski definition) is 2. The van der Waals surface area contributed by atoms with E-state index in [4.69, 9.17) is 9.84 Å². The Hall–Kier alpha value is -1.77. The van der Waals surface area contributed by atoms with Gasteiger partial charge in [0, 0.05) is 18.1 Å². The average Bonchev–Trinajstić information content (AvgIpc) is 2.62. The lowest BCUT2D eigenvalue weighted by Crippen LogP contribution is -1.88. The summed E-state index contributed by atoms with van der Waals surface area (Å²) in [5.74, 6) is -0.0564. The highest BCUT2D eigenvalue weighted by Crippen LogP contribution is 2.28. The van der Waals surface area contributed by atoms with Crippen LogP contribution in [0, 0.1) is 0 Å². The molecule has 3 heteroatoms. The van der Waals surface area contributed by atoms with Crippen molar-refractivity contribution < 1.29 is 14.6 Å². The van der Waals surface area contributed by atoms with E-state index in [1.54, 1.807) is 6.08 Å². The number of carbonyl (C=O) groups is 1. The summed E-state index contributed by atoms with van der Waals surface area (Å²) >= 11 is 0. The van der Waals surface area contributed by atoms with Crippen molar-refractivity contribution in [3.05, 3.63) is 35.4 Å². The van der Waals surface area contributed by atoms with Crippen molar-refractivity contribution in [1.82, 2.24) is 0 Å². The van der Waals surface area contributed by atoms with Crippen LogP contribution in [0.25, 0.3) is 6.08 Å². The average molecular weight is 190 g/mol. The molecule has 72 valence electrons. The maximum atomic E-state index is 10.4. The molecular formula is C11H10O3. The number of fused-ring (bicyclic) bond motifs is 1. The summed E-state index contributed by atoms with van der Waals surface area (Å²) < 4.78 is 5.36. The number of carboxylic acids is 1. The van der Waals surface area contributed by atoms with Gasteiger partial charge in [0.15, 0.2) is 0 Å². The standard InChI is InChI=1S/C11H10O3/c12-11(13)5-4-8-2-1-3-10-9(8)6-7-14-10/h1-5H,6-7H2,(H,12,13)/b5-4+. The molecule has 2 rings (SSSR count). The van der Waals surface area contributed by atoms with Crippen molar-refractivity contribution in [1.29, 1.82) is 0 Å². The molecule has 0 aliphatic carbocycles. The van der Waals surface area contributed by atoms with Crippen LogP contribution in [0.4, 0.5) is 0 Å². The summed E-state index contributed by atoms with van der Waals surface area (Å²) in [5, 5.41) is 8.51. The minimum atomic E-state index is -0.929. The molecule has 1 N–H and O–H groups in total. The first kappa shape index (κ1) is 8.81. The third-order valence-electron chi connectivity index (χ3n) is 2.18. The normalized spacial score (nSPS) is 14.0. The fourth-order valence-electron chi connectivity index (χ4n) is 1.57. The van der Waals surface area contributed by atoms with Crippen molar-refractivity contribution in [3.63, 3.8) is 0 Å². The van der Waals surface area contributed by atoms with Crippen molar-refractivity contribution in [3.8, 4) is 5.75 Å². The van der Waals surface area contributed by atoms with Gasteiger partial charge in [-0.1, -0.05) is 12.1 Å². The lowest BCUT2D eigenvalue weighted by atomic mass is 10.0. The van der Waals surface area contributed by atoms with Gasteiger partial charge in [0.2, 0.25) is 0 Å². The lowest BCUT2D eigenvalue weighted by Gasteiger charge is -2.00. The van der Waals surface area contributed by atoms with Crippen LogP contribution >= 0.6 is 0 Å². The molecule has 0 amide bonds. The highest BCUT2D eigenvalue weighted by molar-refractivity contribution is 5.85. The van der Waals surface area contributed by atoms with Gasteiger partial charge < -0.3 is 9.84 Å². The molecule has 1 aromatic carbocycles. The zero-order valence-corrected chi connectivity index (χ0v) is 7.56. The molecule has 0 radical (unpaired) electrons. The Balaban J connectivity index is 2.35. The summed E-state index contributed by atoms with van der Waals surface area (Å²) in [7, 11) is 0. The first-order valence-corrected chi connectivity index (χ1v) is 4.43. The Morgan fingerprint density at radius 3 is 3.14 bits per heavy atom. The van der Waals surface area contributed by atoms with E-state index in [1.165, 1.54) is 0 Å². The van der Waals surface area contributed by atoms with Gasteiger partial charge in [-0.05, 0) is 17.7 Å². The Kier molecular flexibility index (Phi) is 2.23. The molecule has 0 spiro atoms. The Morgan fingerprint density at radius 2 is 2.36 bits per heavy atom. The largest absolute Gasteiger partial charge is 0.493 e. The lowest BCUT2D eigenvalue weighted by molar-refractivity contribution is -0.131. The summed E-state index contributed by atoms with van der Waals surface area (Å²) in [4.78, 5) is 10.4. The van der Waals surface area contributed by atoms with Crippen molar-refractivity contribution in [2.45, 2.75) is 6.42 Å². The van der Waals surface area contributed by atoms with Gasteiger partial charge in [-0.3, -0.25) is 0 Å². The van der Waals surface area contributed by atoms with Crippen molar-refractivity contribution >= 4 is 12.0 Å². The molecule has 0 saturated carbocycles. The van der Waals surface area contributed by atoms with Crippen molar-refractivity contribution in [2.24, 2.45) is 0 Å².